The standard InChI is InChI=1S/C13H17NO4S/c1-10-3-5-12(6-4-10)19(16,17)18-9-11-7-13(15)14(2)8-11/h3-6,11H,7-9H2,1-2H3/t11-/m1/s1. The van der Waals surface area contributed by atoms with Gasteiger partial charge in [-0.15, -0.1) is 0 Å². The lowest BCUT2D eigenvalue weighted by Gasteiger charge is -2.11. The Kier molecular flexibility index (Phi) is 3.91. The number of carbonyl (C=O) groups is 1. The smallest absolute Gasteiger partial charge is 0.296 e. The number of amides is 1. The first kappa shape index (κ1) is 14.0. The molecule has 1 aromatic rings. The number of rotatable bonds is 4. The Morgan fingerprint density at radius 2 is 1.95 bits per heavy atom. The Morgan fingerprint density at radius 1 is 1.32 bits per heavy atom. The molecule has 1 fully saturated rings. The average molecular weight is 283 g/mol. The highest BCUT2D eigenvalue weighted by Gasteiger charge is 2.28. The molecule has 1 saturated heterocycles. The van der Waals surface area contributed by atoms with Gasteiger partial charge >= 0.3 is 0 Å². The Balaban J connectivity index is 1.99. The molecule has 1 aliphatic heterocycles. The fraction of sp³-hybridized carbons (Fsp3) is 0.462. The van der Waals surface area contributed by atoms with Crippen LogP contribution in [0.15, 0.2) is 29.2 Å². The maximum absolute atomic E-state index is 11.9. The van der Waals surface area contributed by atoms with Crippen molar-refractivity contribution in [1.29, 1.82) is 0 Å². The quantitative estimate of drug-likeness (QED) is 0.778. The highest BCUT2D eigenvalue weighted by molar-refractivity contribution is 7.86. The minimum absolute atomic E-state index is 0.0290. The molecule has 0 spiro atoms. The number of hydrogen-bond donors (Lipinski definition) is 0. The number of carbonyl (C=O) groups excluding carboxylic acids is 1. The molecule has 1 atom stereocenters. The van der Waals surface area contributed by atoms with Gasteiger partial charge in [-0.2, -0.15) is 8.42 Å². The highest BCUT2D eigenvalue weighted by Crippen LogP contribution is 2.19. The number of aryl methyl sites for hydroxylation is 1. The van der Waals surface area contributed by atoms with E-state index in [0.717, 1.165) is 5.56 Å². The fourth-order valence-corrected chi connectivity index (χ4v) is 3.00. The lowest BCUT2D eigenvalue weighted by molar-refractivity contribution is -0.126. The predicted molar refractivity (Wildman–Crippen MR) is 70.1 cm³/mol. The van der Waals surface area contributed by atoms with E-state index in [9.17, 15) is 13.2 Å². The third kappa shape index (κ3) is 3.33. The van der Waals surface area contributed by atoms with Gasteiger partial charge in [-0.1, -0.05) is 17.7 Å². The van der Waals surface area contributed by atoms with E-state index in [-0.39, 0.29) is 23.3 Å². The van der Waals surface area contributed by atoms with E-state index in [1.54, 1.807) is 24.1 Å². The van der Waals surface area contributed by atoms with Crippen molar-refractivity contribution in [3.8, 4) is 0 Å². The van der Waals surface area contributed by atoms with E-state index in [1.807, 2.05) is 6.92 Å². The molecule has 0 unspecified atom stereocenters. The molecule has 5 nitrogen and oxygen atoms in total. The Morgan fingerprint density at radius 3 is 2.47 bits per heavy atom. The summed E-state index contributed by atoms with van der Waals surface area (Å²) in [7, 11) is -2.02. The van der Waals surface area contributed by atoms with Crippen molar-refractivity contribution in [2.24, 2.45) is 5.92 Å². The summed E-state index contributed by atoms with van der Waals surface area (Å²) in [6.45, 7) is 2.48. The summed E-state index contributed by atoms with van der Waals surface area (Å²) in [4.78, 5) is 13.1. The van der Waals surface area contributed by atoms with Crippen LogP contribution in [0.25, 0.3) is 0 Å². The minimum atomic E-state index is -3.73. The summed E-state index contributed by atoms with van der Waals surface area (Å²) >= 11 is 0. The second-order valence-electron chi connectivity index (χ2n) is 4.90. The Labute approximate surface area is 113 Å². The van der Waals surface area contributed by atoms with Crippen LogP contribution in [-0.4, -0.2) is 39.4 Å². The molecule has 0 bridgehead atoms. The van der Waals surface area contributed by atoms with Crippen molar-refractivity contribution in [2.75, 3.05) is 20.2 Å². The maximum Gasteiger partial charge on any atom is 0.296 e. The second kappa shape index (κ2) is 5.30. The molecular formula is C13H17NO4S. The molecule has 0 aromatic heterocycles. The molecule has 0 aliphatic carbocycles. The van der Waals surface area contributed by atoms with E-state index >= 15 is 0 Å². The average Bonchev–Trinajstić information content (AvgIpc) is 2.67. The molecule has 104 valence electrons. The third-order valence-corrected chi connectivity index (χ3v) is 4.49. The topological polar surface area (TPSA) is 63.7 Å². The highest BCUT2D eigenvalue weighted by atomic mass is 32.2. The van der Waals surface area contributed by atoms with Gasteiger partial charge in [-0.05, 0) is 19.1 Å². The van der Waals surface area contributed by atoms with Crippen molar-refractivity contribution in [1.82, 2.24) is 4.90 Å². The molecule has 1 amide bonds. The van der Waals surface area contributed by atoms with Gasteiger partial charge in [0.15, 0.2) is 0 Å². The summed E-state index contributed by atoms with van der Waals surface area (Å²) in [6, 6.07) is 6.50. The molecule has 6 heteroatoms. The first-order valence-corrected chi connectivity index (χ1v) is 7.49. The van der Waals surface area contributed by atoms with Crippen molar-refractivity contribution >= 4 is 16.0 Å². The van der Waals surface area contributed by atoms with Gasteiger partial charge < -0.3 is 4.90 Å². The van der Waals surface area contributed by atoms with Crippen LogP contribution in [0.4, 0.5) is 0 Å². The lowest BCUT2D eigenvalue weighted by Crippen LogP contribution is -2.20. The van der Waals surface area contributed by atoms with Gasteiger partial charge in [0.1, 0.15) is 0 Å². The Hall–Kier alpha value is -1.40. The zero-order chi connectivity index (χ0) is 14.0. The van der Waals surface area contributed by atoms with E-state index in [2.05, 4.69) is 0 Å². The maximum atomic E-state index is 11.9. The molecule has 0 radical (unpaired) electrons. The van der Waals surface area contributed by atoms with Gasteiger partial charge in [0, 0.05) is 25.9 Å². The van der Waals surface area contributed by atoms with E-state index in [0.29, 0.717) is 13.0 Å². The zero-order valence-electron chi connectivity index (χ0n) is 11.0. The van der Waals surface area contributed by atoms with Crippen LogP contribution in [0.2, 0.25) is 0 Å². The third-order valence-electron chi connectivity index (χ3n) is 3.19. The number of hydrogen-bond acceptors (Lipinski definition) is 4. The molecule has 19 heavy (non-hydrogen) atoms. The van der Waals surface area contributed by atoms with Crippen LogP contribution >= 0.6 is 0 Å². The zero-order valence-corrected chi connectivity index (χ0v) is 11.8. The summed E-state index contributed by atoms with van der Waals surface area (Å²) in [5.74, 6) is -0.0287. The molecule has 1 heterocycles. The summed E-state index contributed by atoms with van der Waals surface area (Å²) < 4.78 is 28.9. The molecule has 0 N–H and O–H groups in total. The van der Waals surface area contributed by atoms with E-state index < -0.39 is 10.1 Å². The number of likely N-dealkylation sites (tertiary alicyclic amines) is 1. The molecule has 2 rings (SSSR count). The minimum Gasteiger partial charge on any atom is -0.345 e. The monoisotopic (exact) mass is 283 g/mol. The fourth-order valence-electron chi connectivity index (χ4n) is 2.03. The van der Waals surface area contributed by atoms with E-state index in [1.165, 1.54) is 12.1 Å². The Bertz CT molecular complexity index is 565. The van der Waals surface area contributed by atoms with Crippen LogP contribution in [0.5, 0.6) is 0 Å². The van der Waals surface area contributed by atoms with Crippen LogP contribution in [0, 0.1) is 12.8 Å². The lowest BCUT2D eigenvalue weighted by atomic mass is 10.1. The van der Waals surface area contributed by atoms with Crippen LogP contribution < -0.4 is 0 Å². The molecule has 1 aromatic carbocycles. The van der Waals surface area contributed by atoms with Crippen LogP contribution in [0.1, 0.15) is 12.0 Å². The van der Waals surface area contributed by atoms with Gasteiger partial charge in [0.05, 0.1) is 11.5 Å². The van der Waals surface area contributed by atoms with Crippen molar-refractivity contribution < 1.29 is 17.4 Å². The van der Waals surface area contributed by atoms with Crippen molar-refractivity contribution in [3.63, 3.8) is 0 Å². The van der Waals surface area contributed by atoms with Crippen LogP contribution in [0.3, 0.4) is 0 Å². The summed E-state index contributed by atoms with van der Waals surface area (Å²) in [5.41, 5.74) is 0.988. The van der Waals surface area contributed by atoms with Gasteiger partial charge in [-0.25, -0.2) is 0 Å². The van der Waals surface area contributed by atoms with Gasteiger partial charge in [0.25, 0.3) is 10.1 Å². The first-order valence-electron chi connectivity index (χ1n) is 6.08. The van der Waals surface area contributed by atoms with E-state index in [4.69, 9.17) is 4.18 Å². The normalized spacial score (nSPS) is 20.0. The van der Waals surface area contributed by atoms with Gasteiger partial charge in [-0.3, -0.25) is 8.98 Å². The number of benzene rings is 1. The van der Waals surface area contributed by atoms with Crippen molar-refractivity contribution in [2.45, 2.75) is 18.2 Å². The van der Waals surface area contributed by atoms with Gasteiger partial charge in [0.2, 0.25) is 5.91 Å². The summed E-state index contributed by atoms with van der Waals surface area (Å²) in [6.07, 6.45) is 0.347. The molecule has 0 saturated carbocycles. The summed E-state index contributed by atoms with van der Waals surface area (Å²) in [5, 5.41) is 0. The number of nitrogens with zero attached hydrogens (tertiary/aromatic N) is 1. The molecule has 1 aliphatic rings. The molecular weight excluding hydrogens is 266 g/mol. The van der Waals surface area contributed by atoms with Crippen molar-refractivity contribution in [3.05, 3.63) is 29.8 Å². The predicted octanol–water partition coefficient (Wildman–Crippen LogP) is 1.18. The SMILES string of the molecule is Cc1ccc(S(=O)(=O)OC[C@@H]2CC(=O)N(C)C2)cc1. The van der Waals surface area contributed by atoms with Crippen LogP contribution in [-0.2, 0) is 19.1 Å². The largest absolute Gasteiger partial charge is 0.345 e. The second-order valence-corrected chi connectivity index (χ2v) is 6.51. The first-order chi connectivity index (χ1) is 8.88.